The van der Waals surface area contributed by atoms with E-state index < -0.39 is 6.04 Å². The topological polar surface area (TPSA) is 96.2 Å². The van der Waals surface area contributed by atoms with Crippen molar-refractivity contribution in [3.8, 4) is 11.4 Å². The first-order valence-corrected chi connectivity index (χ1v) is 10.7. The van der Waals surface area contributed by atoms with Crippen LogP contribution in [0.1, 0.15) is 32.7 Å². The maximum absolute atomic E-state index is 13.1. The molecule has 1 atom stereocenters. The second kappa shape index (κ2) is 10.5. The zero-order valence-electron chi connectivity index (χ0n) is 17.4. The molecule has 1 unspecified atom stereocenters. The maximum atomic E-state index is 13.1. The molecule has 2 aromatic rings. The number of aromatic nitrogens is 4. The summed E-state index contributed by atoms with van der Waals surface area (Å²) in [6, 6.07) is 6.67. The number of rotatable bonds is 8. The number of hydrogen-bond donors (Lipinski definition) is 1. The zero-order chi connectivity index (χ0) is 21.5. The summed E-state index contributed by atoms with van der Waals surface area (Å²) >= 11 is 5.93. The molecule has 30 heavy (non-hydrogen) atoms. The lowest BCUT2D eigenvalue weighted by Crippen LogP contribution is -2.52. The molecule has 1 saturated heterocycles. The average molecular weight is 434 g/mol. The lowest BCUT2D eigenvalue weighted by Gasteiger charge is -2.35. The predicted molar refractivity (Wildman–Crippen MR) is 114 cm³/mol. The number of carbonyl (C=O) groups excluding carboxylic acids is 2. The number of halogens is 1. The summed E-state index contributed by atoms with van der Waals surface area (Å²) in [5.41, 5.74) is 0.794. The van der Waals surface area contributed by atoms with Crippen LogP contribution < -0.4 is 5.32 Å². The Kier molecular flexibility index (Phi) is 7.75. The third-order valence-electron chi connectivity index (χ3n) is 5.10. The Morgan fingerprint density at radius 3 is 2.47 bits per heavy atom. The Labute approximate surface area is 181 Å². The Hall–Kier alpha value is -2.52. The number of nitrogens with one attached hydrogen (secondary N) is 1. The molecule has 1 fully saturated rings. The SMILES string of the molecule is CCCNC(=O)CN1CCN(C(=O)C(CC)n2nnc(-c3ccc(Cl)cc3)n2)CC1. The molecule has 0 bridgehead atoms. The minimum absolute atomic E-state index is 0.0207. The van der Waals surface area contributed by atoms with Gasteiger partial charge < -0.3 is 10.2 Å². The minimum atomic E-state index is -0.502. The first-order chi connectivity index (χ1) is 14.5. The van der Waals surface area contributed by atoms with Crippen LogP contribution in [0.5, 0.6) is 0 Å². The van der Waals surface area contributed by atoms with Gasteiger partial charge in [-0.15, -0.1) is 10.2 Å². The second-order valence-electron chi connectivity index (χ2n) is 7.32. The van der Waals surface area contributed by atoms with Crippen molar-refractivity contribution in [2.45, 2.75) is 32.7 Å². The molecular formula is C20H28ClN7O2. The summed E-state index contributed by atoms with van der Waals surface area (Å²) in [6.45, 7) is 7.52. The summed E-state index contributed by atoms with van der Waals surface area (Å²) in [6.07, 6.45) is 1.48. The van der Waals surface area contributed by atoms with Crippen molar-refractivity contribution in [2.24, 2.45) is 0 Å². The number of tetrazole rings is 1. The van der Waals surface area contributed by atoms with Crippen molar-refractivity contribution in [3.05, 3.63) is 29.3 Å². The van der Waals surface area contributed by atoms with E-state index in [0.717, 1.165) is 12.0 Å². The monoisotopic (exact) mass is 433 g/mol. The van der Waals surface area contributed by atoms with Crippen molar-refractivity contribution >= 4 is 23.4 Å². The van der Waals surface area contributed by atoms with Crippen molar-refractivity contribution in [1.29, 1.82) is 0 Å². The summed E-state index contributed by atoms with van der Waals surface area (Å²) in [5, 5.41) is 16.2. The number of carbonyl (C=O) groups is 2. The van der Waals surface area contributed by atoms with Crippen LogP contribution in [-0.2, 0) is 9.59 Å². The highest BCUT2D eigenvalue weighted by Crippen LogP contribution is 2.20. The Balaban J connectivity index is 1.58. The highest BCUT2D eigenvalue weighted by molar-refractivity contribution is 6.30. The van der Waals surface area contributed by atoms with E-state index in [2.05, 4.69) is 25.6 Å². The van der Waals surface area contributed by atoms with Gasteiger partial charge in [-0.1, -0.05) is 25.4 Å². The Morgan fingerprint density at radius 2 is 1.83 bits per heavy atom. The number of amides is 2. The molecule has 162 valence electrons. The molecule has 9 nitrogen and oxygen atoms in total. The molecule has 2 heterocycles. The quantitative estimate of drug-likeness (QED) is 0.679. The van der Waals surface area contributed by atoms with Gasteiger partial charge in [0.1, 0.15) is 0 Å². The molecule has 2 amide bonds. The number of nitrogens with zero attached hydrogens (tertiary/aromatic N) is 6. The number of benzene rings is 1. The third kappa shape index (κ3) is 5.54. The molecule has 1 aliphatic heterocycles. The number of piperazine rings is 1. The molecule has 1 aromatic carbocycles. The molecule has 1 aliphatic rings. The van der Waals surface area contributed by atoms with E-state index in [-0.39, 0.29) is 11.8 Å². The van der Waals surface area contributed by atoms with Gasteiger partial charge in [0.2, 0.25) is 17.6 Å². The van der Waals surface area contributed by atoms with Crippen molar-refractivity contribution in [2.75, 3.05) is 39.3 Å². The minimum Gasteiger partial charge on any atom is -0.355 e. The van der Waals surface area contributed by atoms with E-state index in [4.69, 9.17) is 11.6 Å². The van der Waals surface area contributed by atoms with Gasteiger partial charge in [-0.25, -0.2) is 0 Å². The standard InChI is InChI=1S/C20H28ClN7O2/c1-3-9-22-18(29)14-26-10-12-27(13-11-26)20(30)17(4-2)28-24-19(23-25-28)15-5-7-16(21)8-6-15/h5-8,17H,3-4,9-14H2,1-2H3,(H,22,29). The molecule has 1 N–H and O–H groups in total. The van der Waals surface area contributed by atoms with Gasteiger partial charge in [0, 0.05) is 43.3 Å². The Morgan fingerprint density at radius 1 is 1.13 bits per heavy atom. The van der Waals surface area contributed by atoms with Crippen LogP contribution in [0.2, 0.25) is 5.02 Å². The highest BCUT2D eigenvalue weighted by Gasteiger charge is 2.29. The van der Waals surface area contributed by atoms with Gasteiger partial charge >= 0.3 is 0 Å². The van der Waals surface area contributed by atoms with Crippen LogP contribution in [0, 0.1) is 0 Å². The number of hydrogen-bond acceptors (Lipinski definition) is 6. The van der Waals surface area contributed by atoms with Gasteiger partial charge in [0.05, 0.1) is 6.54 Å². The fourth-order valence-electron chi connectivity index (χ4n) is 3.37. The fraction of sp³-hybridized carbons (Fsp3) is 0.550. The lowest BCUT2D eigenvalue weighted by molar-refractivity contribution is -0.137. The largest absolute Gasteiger partial charge is 0.355 e. The van der Waals surface area contributed by atoms with E-state index in [1.807, 2.05) is 30.9 Å². The van der Waals surface area contributed by atoms with Gasteiger partial charge in [-0.3, -0.25) is 14.5 Å². The van der Waals surface area contributed by atoms with Crippen molar-refractivity contribution in [3.63, 3.8) is 0 Å². The van der Waals surface area contributed by atoms with Crippen molar-refractivity contribution in [1.82, 2.24) is 35.3 Å². The first-order valence-electron chi connectivity index (χ1n) is 10.3. The normalized spacial score (nSPS) is 15.8. The van der Waals surface area contributed by atoms with E-state index in [9.17, 15) is 9.59 Å². The van der Waals surface area contributed by atoms with Crippen LogP contribution in [0.3, 0.4) is 0 Å². The Bertz CT molecular complexity index is 847. The first kappa shape index (κ1) is 22.2. The van der Waals surface area contributed by atoms with Crippen LogP contribution in [0.25, 0.3) is 11.4 Å². The molecule has 0 aliphatic carbocycles. The van der Waals surface area contributed by atoms with Gasteiger partial charge in [-0.2, -0.15) is 4.80 Å². The molecule has 10 heteroatoms. The molecule has 0 spiro atoms. The molecule has 1 aromatic heterocycles. The second-order valence-corrected chi connectivity index (χ2v) is 7.75. The average Bonchev–Trinajstić information content (AvgIpc) is 3.23. The molecule has 3 rings (SSSR count). The van der Waals surface area contributed by atoms with Gasteiger partial charge in [-0.05, 0) is 42.3 Å². The van der Waals surface area contributed by atoms with E-state index in [1.54, 1.807) is 12.1 Å². The maximum Gasteiger partial charge on any atom is 0.249 e. The predicted octanol–water partition coefficient (Wildman–Crippen LogP) is 1.61. The lowest BCUT2D eigenvalue weighted by atomic mass is 10.2. The molecule has 0 saturated carbocycles. The van der Waals surface area contributed by atoms with E-state index in [1.165, 1.54) is 4.80 Å². The van der Waals surface area contributed by atoms with E-state index >= 15 is 0 Å². The summed E-state index contributed by atoms with van der Waals surface area (Å²) < 4.78 is 0. The smallest absolute Gasteiger partial charge is 0.249 e. The fourth-order valence-corrected chi connectivity index (χ4v) is 3.49. The van der Waals surface area contributed by atoms with Gasteiger partial charge in [0.15, 0.2) is 6.04 Å². The van der Waals surface area contributed by atoms with Crippen LogP contribution in [0.4, 0.5) is 0 Å². The summed E-state index contributed by atoms with van der Waals surface area (Å²) in [7, 11) is 0. The van der Waals surface area contributed by atoms with Crippen LogP contribution >= 0.6 is 11.6 Å². The zero-order valence-corrected chi connectivity index (χ0v) is 18.2. The molecular weight excluding hydrogens is 406 g/mol. The van der Waals surface area contributed by atoms with E-state index in [0.29, 0.717) is 56.5 Å². The molecule has 0 radical (unpaired) electrons. The van der Waals surface area contributed by atoms with Crippen LogP contribution in [0.15, 0.2) is 24.3 Å². The summed E-state index contributed by atoms with van der Waals surface area (Å²) in [5.74, 6) is 0.470. The highest BCUT2D eigenvalue weighted by atomic mass is 35.5. The van der Waals surface area contributed by atoms with Crippen LogP contribution in [-0.4, -0.2) is 81.1 Å². The van der Waals surface area contributed by atoms with Crippen molar-refractivity contribution < 1.29 is 9.59 Å². The van der Waals surface area contributed by atoms with Gasteiger partial charge in [0.25, 0.3) is 0 Å². The summed E-state index contributed by atoms with van der Waals surface area (Å²) in [4.78, 5) is 30.3. The third-order valence-corrected chi connectivity index (χ3v) is 5.36.